The van der Waals surface area contributed by atoms with Crippen LogP contribution < -0.4 is 4.74 Å². The molecule has 0 aliphatic heterocycles. The Hall–Kier alpha value is -1.27. The van der Waals surface area contributed by atoms with Gasteiger partial charge in [-0.15, -0.1) is 0 Å². The van der Waals surface area contributed by atoms with Gasteiger partial charge >= 0.3 is 0 Å². The second kappa shape index (κ2) is 4.11. The number of nitriles is 1. The minimum absolute atomic E-state index is 0.00144. The molecular weight excluding hydrogens is 193 g/mol. The molecule has 4 heteroatoms. The average molecular weight is 200 g/mol. The van der Waals surface area contributed by atoms with Crippen molar-refractivity contribution in [2.45, 2.75) is 13.0 Å². The van der Waals surface area contributed by atoms with Crippen LogP contribution in [0.2, 0.25) is 5.02 Å². The summed E-state index contributed by atoms with van der Waals surface area (Å²) in [6.45, 7) is 1.53. The van der Waals surface area contributed by atoms with E-state index < -0.39 is 11.9 Å². The maximum absolute atomic E-state index is 13.1. The molecule has 0 aliphatic rings. The van der Waals surface area contributed by atoms with Gasteiger partial charge in [0.15, 0.2) is 17.7 Å². The lowest BCUT2D eigenvalue weighted by Gasteiger charge is -2.08. The Kier molecular flexibility index (Phi) is 3.10. The molecule has 0 heterocycles. The fraction of sp³-hybridized carbons (Fsp3) is 0.222. The highest BCUT2D eigenvalue weighted by atomic mass is 35.5. The first kappa shape index (κ1) is 9.82. The van der Waals surface area contributed by atoms with E-state index in [1.807, 2.05) is 6.07 Å². The van der Waals surface area contributed by atoms with Gasteiger partial charge < -0.3 is 4.74 Å². The number of halogens is 2. The second-order valence-electron chi connectivity index (χ2n) is 2.44. The Morgan fingerprint density at radius 2 is 2.31 bits per heavy atom. The number of benzene rings is 1. The van der Waals surface area contributed by atoms with Crippen LogP contribution in [0.5, 0.6) is 5.75 Å². The third-order valence-corrected chi connectivity index (χ3v) is 1.69. The smallest absolute Gasteiger partial charge is 0.183 e. The van der Waals surface area contributed by atoms with Gasteiger partial charge in [-0.2, -0.15) is 5.26 Å². The highest BCUT2D eigenvalue weighted by Crippen LogP contribution is 2.24. The van der Waals surface area contributed by atoms with Crippen molar-refractivity contribution in [3.8, 4) is 11.8 Å². The van der Waals surface area contributed by atoms with E-state index in [9.17, 15) is 4.39 Å². The molecule has 13 heavy (non-hydrogen) atoms. The second-order valence-corrected chi connectivity index (χ2v) is 2.85. The van der Waals surface area contributed by atoms with E-state index in [2.05, 4.69) is 0 Å². The summed E-state index contributed by atoms with van der Waals surface area (Å²) in [6, 6.07) is 6.23. The van der Waals surface area contributed by atoms with Crippen LogP contribution in [0.15, 0.2) is 18.2 Å². The molecule has 0 N–H and O–H groups in total. The van der Waals surface area contributed by atoms with Crippen LogP contribution in [0.1, 0.15) is 6.92 Å². The van der Waals surface area contributed by atoms with Crippen molar-refractivity contribution in [3.05, 3.63) is 29.0 Å². The summed E-state index contributed by atoms with van der Waals surface area (Å²) in [4.78, 5) is 0. The number of nitrogens with zero attached hydrogens (tertiary/aromatic N) is 1. The predicted molar refractivity (Wildman–Crippen MR) is 47.1 cm³/mol. The summed E-state index contributed by atoms with van der Waals surface area (Å²) in [7, 11) is 0. The zero-order chi connectivity index (χ0) is 9.84. The minimum atomic E-state index is -0.687. The van der Waals surface area contributed by atoms with Crippen LogP contribution >= 0.6 is 11.6 Å². The van der Waals surface area contributed by atoms with E-state index in [1.54, 1.807) is 6.07 Å². The molecule has 0 amide bonds. The first-order valence-electron chi connectivity index (χ1n) is 3.65. The van der Waals surface area contributed by atoms with Gasteiger partial charge in [0.1, 0.15) is 6.07 Å². The lowest BCUT2D eigenvalue weighted by Crippen LogP contribution is -2.09. The van der Waals surface area contributed by atoms with Crippen LogP contribution in [0.25, 0.3) is 0 Å². The van der Waals surface area contributed by atoms with Crippen molar-refractivity contribution >= 4 is 11.6 Å². The van der Waals surface area contributed by atoms with Gasteiger partial charge in [-0.05, 0) is 19.1 Å². The van der Waals surface area contributed by atoms with Gasteiger partial charge in [0.2, 0.25) is 0 Å². The van der Waals surface area contributed by atoms with Crippen molar-refractivity contribution in [1.29, 1.82) is 5.26 Å². The van der Waals surface area contributed by atoms with E-state index in [0.717, 1.165) is 0 Å². The van der Waals surface area contributed by atoms with E-state index in [4.69, 9.17) is 21.6 Å². The summed E-state index contributed by atoms with van der Waals surface area (Å²) in [5.74, 6) is -0.632. The molecule has 0 radical (unpaired) electrons. The monoisotopic (exact) mass is 199 g/mol. The molecule has 0 saturated carbocycles. The molecule has 0 saturated heterocycles. The summed E-state index contributed by atoms with van der Waals surface area (Å²) >= 11 is 5.50. The summed E-state index contributed by atoms with van der Waals surface area (Å²) in [5.41, 5.74) is 0. The fourth-order valence-electron chi connectivity index (χ4n) is 0.792. The minimum Gasteiger partial charge on any atom is -0.473 e. The molecular formula is C9H7ClFNO. The Morgan fingerprint density at radius 1 is 1.62 bits per heavy atom. The maximum Gasteiger partial charge on any atom is 0.183 e. The van der Waals surface area contributed by atoms with E-state index in [0.29, 0.717) is 0 Å². The van der Waals surface area contributed by atoms with E-state index >= 15 is 0 Å². The molecule has 0 fully saturated rings. The van der Waals surface area contributed by atoms with Crippen LogP contribution in [-0.2, 0) is 0 Å². The van der Waals surface area contributed by atoms with Crippen molar-refractivity contribution < 1.29 is 9.13 Å². The van der Waals surface area contributed by atoms with Crippen LogP contribution in [-0.4, -0.2) is 6.10 Å². The highest BCUT2D eigenvalue weighted by molar-refractivity contribution is 6.30. The summed E-state index contributed by atoms with van der Waals surface area (Å²) in [6.07, 6.45) is -0.687. The Labute approximate surface area is 80.5 Å². The molecule has 1 aromatic carbocycles. The van der Waals surface area contributed by atoms with Crippen LogP contribution in [0, 0.1) is 17.1 Å². The quantitative estimate of drug-likeness (QED) is 0.734. The number of hydrogen-bond donors (Lipinski definition) is 0. The average Bonchev–Trinajstić information content (AvgIpc) is 2.13. The topological polar surface area (TPSA) is 33.0 Å². The largest absolute Gasteiger partial charge is 0.473 e. The van der Waals surface area contributed by atoms with Gasteiger partial charge in [-0.1, -0.05) is 17.7 Å². The molecule has 0 aliphatic carbocycles. The molecule has 0 bridgehead atoms. The van der Waals surface area contributed by atoms with Crippen LogP contribution in [0.4, 0.5) is 4.39 Å². The Balaban J connectivity index is 2.90. The fourth-order valence-corrected chi connectivity index (χ4v) is 0.958. The van der Waals surface area contributed by atoms with Crippen molar-refractivity contribution in [2.75, 3.05) is 0 Å². The molecule has 0 aromatic heterocycles. The SMILES string of the molecule is CC(C#N)Oc1cccc(Cl)c1F. The van der Waals surface area contributed by atoms with Gasteiger partial charge in [-0.3, -0.25) is 0 Å². The third-order valence-electron chi connectivity index (χ3n) is 1.40. The van der Waals surface area contributed by atoms with Gasteiger partial charge in [0, 0.05) is 0 Å². The summed E-state index contributed by atoms with van der Waals surface area (Å²) in [5, 5.41) is 8.41. The molecule has 0 spiro atoms. The number of rotatable bonds is 2. The molecule has 68 valence electrons. The zero-order valence-corrected chi connectivity index (χ0v) is 7.68. The highest BCUT2D eigenvalue weighted by Gasteiger charge is 2.09. The van der Waals surface area contributed by atoms with E-state index in [-0.39, 0.29) is 10.8 Å². The lowest BCUT2D eigenvalue weighted by atomic mass is 10.3. The molecule has 1 aromatic rings. The predicted octanol–water partition coefficient (Wildman–Crippen LogP) is 2.77. The third kappa shape index (κ3) is 2.33. The molecule has 1 unspecified atom stereocenters. The zero-order valence-electron chi connectivity index (χ0n) is 6.92. The van der Waals surface area contributed by atoms with Crippen molar-refractivity contribution in [1.82, 2.24) is 0 Å². The molecule has 1 rings (SSSR count). The Morgan fingerprint density at radius 3 is 2.92 bits per heavy atom. The van der Waals surface area contributed by atoms with Gasteiger partial charge in [-0.25, -0.2) is 4.39 Å². The first-order valence-corrected chi connectivity index (χ1v) is 4.03. The maximum atomic E-state index is 13.1. The number of ether oxygens (including phenoxy) is 1. The lowest BCUT2D eigenvalue weighted by molar-refractivity contribution is 0.263. The van der Waals surface area contributed by atoms with Crippen molar-refractivity contribution in [3.63, 3.8) is 0 Å². The first-order chi connectivity index (χ1) is 6.15. The normalized spacial score (nSPS) is 11.8. The number of hydrogen-bond acceptors (Lipinski definition) is 2. The standard InChI is InChI=1S/C9H7ClFNO/c1-6(5-12)13-8-4-2-3-7(10)9(8)11/h2-4,6H,1H3. The molecule has 2 nitrogen and oxygen atoms in total. The van der Waals surface area contributed by atoms with Gasteiger partial charge in [0.25, 0.3) is 0 Å². The Bertz CT molecular complexity index is 348. The van der Waals surface area contributed by atoms with E-state index in [1.165, 1.54) is 19.1 Å². The molecule has 1 atom stereocenters. The van der Waals surface area contributed by atoms with Gasteiger partial charge in [0.05, 0.1) is 5.02 Å². The van der Waals surface area contributed by atoms with Crippen LogP contribution in [0.3, 0.4) is 0 Å². The van der Waals surface area contributed by atoms with Crippen molar-refractivity contribution in [2.24, 2.45) is 0 Å². The summed E-state index contributed by atoms with van der Waals surface area (Å²) < 4.78 is 18.1.